The van der Waals surface area contributed by atoms with Crippen molar-refractivity contribution >= 4 is 31.2 Å². The molecule has 2 N–H and O–H groups in total. The Morgan fingerprint density at radius 1 is 1.38 bits per heavy atom. The van der Waals surface area contributed by atoms with Gasteiger partial charge in [0.05, 0.1) is 24.3 Å². The Hall–Kier alpha value is -2.80. The first kappa shape index (κ1) is 23.9. The minimum Gasteiger partial charge on any atom is -0.450 e. The number of hydrogen-bond acceptors (Lipinski definition) is 10. The van der Waals surface area contributed by atoms with Gasteiger partial charge in [0.25, 0.3) is 5.87 Å². The molecule has 0 aromatic carbocycles. The van der Waals surface area contributed by atoms with E-state index in [4.69, 9.17) is 39.1 Å². The second-order valence-corrected chi connectivity index (χ2v) is 8.13. The third-order valence-electron chi connectivity index (χ3n) is 4.19. The van der Waals surface area contributed by atoms with Gasteiger partial charge in [0.15, 0.2) is 0 Å². The lowest BCUT2D eigenvalue weighted by Gasteiger charge is -2.25. The van der Waals surface area contributed by atoms with E-state index in [1.165, 1.54) is 30.9 Å². The lowest BCUT2D eigenvalue weighted by atomic mass is 9.99. The van der Waals surface area contributed by atoms with E-state index in [1.54, 1.807) is 6.07 Å². The predicted molar refractivity (Wildman–Crippen MR) is 115 cm³/mol. The molecule has 0 bridgehead atoms. The van der Waals surface area contributed by atoms with Crippen molar-refractivity contribution in [3.8, 4) is 29.1 Å². The molecular formula is C20H16BClN4O5S. The van der Waals surface area contributed by atoms with E-state index < -0.39 is 5.87 Å². The van der Waals surface area contributed by atoms with E-state index in [0.717, 1.165) is 6.26 Å². The van der Waals surface area contributed by atoms with Crippen LogP contribution in [0.15, 0.2) is 35.4 Å². The second kappa shape index (κ2) is 10.2. The Bertz CT molecular complexity index is 1110. The molecule has 1 aliphatic heterocycles. The maximum atomic E-state index is 9.80. The summed E-state index contributed by atoms with van der Waals surface area (Å²) >= 11 is 7.64. The summed E-state index contributed by atoms with van der Waals surface area (Å²) in [4.78, 5) is 8.40. The van der Waals surface area contributed by atoms with Crippen molar-refractivity contribution < 1.29 is 24.4 Å². The van der Waals surface area contributed by atoms with Gasteiger partial charge in [0, 0.05) is 35.1 Å². The molecule has 1 fully saturated rings. The number of allylic oxidation sites excluding steroid dienone is 1. The monoisotopic (exact) mass is 470 g/mol. The van der Waals surface area contributed by atoms with Crippen LogP contribution >= 0.6 is 23.4 Å². The van der Waals surface area contributed by atoms with Gasteiger partial charge in [-0.1, -0.05) is 11.6 Å². The number of nitriles is 2. The average Bonchev–Trinajstić information content (AvgIpc) is 2.70. The number of pyridine rings is 2. The summed E-state index contributed by atoms with van der Waals surface area (Å²) in [5.74, 6) is -1.60. The van der Waals surface area contributed by atoms with E-state index in [9.17, 15) is 10.5 Å². The number of ether oxygens (including phenoxy) is 3. The largest absolute Gasteiger partial charge is 0.450 e. The van der Waals surface area contributed by atoms with Crippen LogP contribution in [0.2, 0.25) is 5.15 Å². The highest BCUT2D eigenvalue weighted by Crippen LogP contribution is 2.37. The van der Waals surface area contributed by atoms with Gasteiger partial charge in [-0.2, -0.15) is 10.5 Å². The van der Waals surface area contributed by atoms with Crippen molar-refractivity contribution in [1.29, 1.82) is 10.5 Å². The van der Waals surface area contributed by atoms with Crippen LogP contribution in [-0.4, -0.2) is 52.9 Å². The van der Waals surface area contributed by atoms with Crippen molar-refractivity contribution in [2.45, 2.75) is 17.8 Å². The third-order valence-corrected chi connectivity index (χ3v) is 5.67. The Morgan fingerprint density at radius 3 is 2.62 bits per heavy atom. The highest BCUT2D eigenvalue weighted by atomic mass is 35.5. The molecule has 2 radical (unpaired) electrons. The summed E-state index contributed by atoms with van der Waals surface area (Å²) in [5.41, 5.74) is 1.13. The molecule has 2 aromatic rings. The predicted octanol–water partition coefficient (Wildman–Crippen LogP) is 2.30. The molecular weight excluding hydrogens is 455 g/mol. The first-order valence-electron chi connectivity index (χ1n) is 9.18. The van der Waals surface area contributed by atoms with Gasteiger partial charge in [0.2, 0.25) is 13.7 Å². The normalized spacial score (nSPS) is 14.2. The number of aromatic nitrogens is 2. The van der Waals surface area contributed by atoms with Crippen LogP contribution in [0.25, 0.3) is 11.1 Å². The SMILES string of the molecule is [B]C(O)(O)O/C(C)=C/Oc1ccc(-c2c(C#N)c(Cl)nc(SCC3COC3)c2C#N)cn1. The number of thioether (sulfide) groups is 1. The third kappa shape index (κ3) is 5.91. The van der Waals surface area contributed by atoms with Crippen molar-refractivity contribution in [3.05, 3.63) is 46.6 Å². The van der Waals surface area contributed by atoms with Crippen LogP contribution in [0.4, 0.5) is 0 Å². The molecule has 3 heterocycles. The standard InChI is InChI=1S/C20H16BClN4O5S/c1-11(31-20(21,27)28)7-30-16-3-2-13(6-25-16)17-14(4-23)18(22)26-19(15(17)5-24)32-10-12-8-29-9-12/h2-3,6-7,12,27-28H,8-10H2,1H3/b11-7+. The van der Waals surface area contributed by atoms with Crippen molar-refractivity contribution in [1.82, 2.24) is 9.97 Å². The number of aliphatic hydroxyl groups is 2. The Labute approximate surface area is 194 Å². The molecule has 0 aliphatic carbocycles. The minimum absolute atomic E-state index is 0.00293. The van der Waals surface area contributed by atoms with Gasteiger partial charge in [0.1, 0.15) is 34.3 Å². The zero-order valence-electron chi connectivity index (χ0n) is 16.8. The van der Waals surface area contributed by atoms with Crippen LogP contribution in [0.3, 0.4) is 0 Å². The van der Waals surface area contributed by atoms with Gasteiger partial charge < -0.3 is 24.4 Å². The van der Waals surface area contributed by atoms with Crippen molar-refractivity contribution in [3.63, 3.8) is 0 Å². The first-order valence-corrected chi connectivity index (χ1v) is 10.5. The summed E-state index contributed by atoms with van der Waals surface area (Å²) in [7, 11) is 4.92. The summed E-state index contributed by atoms with van der Waals surface area (Å²) in [6, 6.07) is 7.25. The zero-order chi connectivity index (χ0) is 23.3. The minimum atomic E-state index is -2.83. The topological polar surface area (TPSA) is 142 Å². The summed E-state index contributed by atoms with van der Waals surface area (Å²) in [5, 5.41) is 37.8. The fourth-order valence-electron chi connectivity index (χ4n) is 2.71. The van der Waals surface area contributed by atoms with Gasteiger partial charge in [-0.15, -0.1) is 11.8 Å². The van der Waals surface area contributed by atoms with Gasteiger partial charge in [-0.25, -0.2) is 9.97 Å². The molecule has 0 saturated carbocycles. The summed E-state index contributed by atoms with van der Waals surface area (Å²) < 4.78 is 15.0. The quantitative estimate of drug-likeness (QED) is 0.194. The fourth-order valence-corrected chi connectivity index (χ4v) is 4.02. The highest BCUT2D eigenvalue weighted by molar-refractivity contribution is 7.99. The molecule has 0 atom stereocenters. The average molecular weight is 471 g/mol. The Kier molecular flexibility index (Phi) is 7.62. The smallest absolute Gasteiger partial charge is 0.259 e. The number of nitrogens with zero attached hydrogens (tertiary/aromatic N) is 4. The molecule has 3 rings (SSSR count). The molecule has 162 valence electrons. The first-order chi connectivity index (χ1) is 15.2. The van der Waals surface area contributed by atoms with Crippen molar-refractivity contribution in [2.24, 2.45) is 5.92 Å². The van der Waals surface area contributed by atoms with Gasteiger partial charge in [-0.05, 0) is 13.0 Å². The van der Waals surface area contributed by atoms with Crippen LogP contribution in [0, 0.1) is 28.6 Å². The Balaban J connectivity index is 1.89. The van der Waals surface area contributed by atoms with Crippen LogP contribution in [0.5, 0.6) is 5.88 Å². The van der Waals surface area contributed by atoms with E-state index >= 15 is 0 Å². The fraction of sp³-hybridized carbons (Fsp3) is 0.300. The van der Waals surface area contributed by atoms with E-state index in [2.05, 4.69) is 20.8 Å². The molecule has 1 aliphatic rings. The zero-order valence-corrected chi connectivity index (χ0v) is 18.4. The second-order valence-electron chi connectivity index (χ2n) is 6.76. The van der Waals surface area contributed by atoms with Crippen molar-refractivity contribution in [2.75, 3.05) is 19.0 Å². The highest BCUT2D eigenvalue weighted by Gasteiger charge is 2.24. The molecule has 2 aromatic heterocycles. The van der Waals surface area contributed by atoms with Crippen LogP contribution in [0.1, 0.15) is 18.1 Å². The van der Waals surface area contributed by atoms with E-state index in [1.807, 2.05) is 6.07 Å². The molecule has 32 heavy (non-hydrogen) atoms. The Morgan fingerprint density at radius 2 is 2.09 bits per heavy atom. The van der Waals surface area contributed by atoms with E-state index in [0.29, 0.717) is 41.0 Å². The molecule has 0 spiro atoms. The molecule has 0 unspecified atom stereocenters. The summed E-state index contributed by atoms with van der Waals surface area (Å²) in [6.45, 7) is 2.73. The maximum Gasteiger partial charge on any atom is 0.259 e. The van der Waals surface area contributed by atoms with Crippen LogP contribution in [-0.2, 0) is 9.47 Å². The summed E-state index contributed by atoms with van der Waals surface area (Å²) in [6.07, 6.45) is 2.51. The number of rotatable bonds is 8. The van der Waals surface area contributed by atoms with Gasteiger partial charge >= 0.3 is 0 Å². The number of hydrogen-bond donors (Lipinski definition) is 2. The molecule has 9 nitrogen and oxygen atoms in total. The van der Waals surface area contributed by atoms with Gasteiger partial charge in [-0.3, -0.25) is 0 Å². The van der Waals surface area contributed by atoms with E-state index in [-0.39, 0.29) is 27.9 Å². The molecule has 12 heteroatoms. The maximum absolute atomic E-state index is 9.80. The molecule has 0 amide bonds. The lowest BCUT2D eigenvalue weighted by Crippen LogP contribution is -2.31. The lowest BCUT2D eigenvalue weighted by molar-refractivity contribution is -0.255. The number of halogens is 1. The molecule has 1 saturated heterocycles. The van der Waals surface area contributed by atoms with Crippen LogP contribution < -0.4 is 4.74 Å².